The van der Waals surface area contributed by atoms with E-state index >= 15 is 0 Å². The molecule has 0 aromatic heterocycles. The van der Waals surface area contributed by atoms with E-state index in [4.69, 9.17) is 4.74 Å². The molecule has 0 fully saturated rings. The van der Waals surface area contributed by atoms with Crippen molar-refractivity contribution in [2.75, 3.05) is 7.11 Å². The molecule has 3 rings (SSSR count). The predicted octanol–water partition coefficient (Wildman–Crippen LogP) is 2.96. The zero-order chi connectivity index (χ0) is 19.4. The number of fused-ring (bicyclic) bond motifs is 1. The molecule has 0 saturated heterocycles. The van der Waals surface area contributed by atoms with E-state index in [0.29, 0.717) is 0 Å². The van der Waals surface area contributed by atoms with Gasteiger partial charge in [0.1, 0.15) is 17.5 Å². The Labute approximate surface area is 144 Å². The quantitative estimate of drug-likeness (QED) is 0.494. The zero-order valence-electron chi connectivity index (χ0n) is 13.0. The molecule has 0 aliphatic carbocycles. The third kappa shape index (κ3) is 2.43. The molecule has 10 heteroatoms. The number of hydrogen-bond acceptors (Lipinski definition) is 4. The summed E-state index contributed by atoms with van der Waals surface area (Å²) in [5.41, 5.74) is -1.51. The smallest absolute Gasteiger partial charge is 0.200 e. The summed E-state index contributed by atoms with van der Waals surface area (Å²) in [5, 5.41) is 8.36. The molecular weight excluding hydrogens is 383 g/mol. The van der Waals surface area contributed by atoms with Gasteiger partial charge in [-0.1, -0.05) is 18.2 Å². The van der Waals surface area contributed by atoms with E-state index in [-0.39, 0.29) is 10.5 Å². The van der Waals surface area contributed by atoms with Crippen molar-refractivity contribution < 1.29 is 40.2 Å². The number of rotatable bonds is 3. The third-order valence-corrected chi connectivity index (χ3v) is 6.50. The summed E-state index contributed by atoms with van der Waals surface area (Å²) in [6.45, 7) is 0. The summed E-state index contributed by atoms with van der Waals surface area (Å²) in [4.78, 5) is -0.302. The molecule has 0 saturated carbocycles. The molecule has 0 spiro atoms. The van der Waals surface area contributed by atoms with Gasteiger partial charge in [-0.2, -0.15) is 0 Å². The van der Waals surface area contributed by atoms with Crippen molar-refractivity contribution in [1.29, 1.82) is 0 Å². The van der Waals surface area contributed by atoms with E-state index in [2.05, 4.69) is 0 Å². The van der Waals surface area contributed by atoms with Gasteiger partial charge in [0.2, 0.25) is 5.82 Å². The fourth-order valence-corrected chi connectivity index (χ4v) is 5.23. The Bertz CT molecular complexity index is 963. The molecule has 0 bridgehead atoms. The van der Waals surface area contributed by atoms with E-state index in [1.165, 1.54) is 24.3 Å². The molecule has 0 radical (unpaired) electrons. The number of ether oxygens (including phenoxy) is 1. The van der Waals surface area contributed by atoms with Crippen molar-refractivity contribution >= 4 is 9.84 Å². The summed E-state index contributed by atoms with van der Waals surface area (Å²) in [6, 6.07) is 5.24. The van der Waals surface area contributed by atoms with Crippen LogP contribution in [0.1, 0.15) is 23.3 Å². The third-order valence-electron chi connectivity index (χ3n) is 4.29. The first-order valence-corrected chi connectivity index (χ1v) is 8.74. The summed E-state index contributed by atoms with van der Waals surface area (Å²) >= 11 is 0. The molecule has 2 aromatic rings. The number of benzene rings is 2. The molecule has 140 valence electrons. The molecule has 26 heavy (non-hydrogen) atoms. The fraction of sp³-hybridized carbons (Fsp3) is 0.250. The van der Waals surface area contributed by atoms with Gasteiger partial charge in [-0.3, -0.25) is 0 Å². The van der Waals surface area contributed by atoms with Crippen molar-refractivity contribution in [3.8, 4) is 0 Å². The molecule has 1 N–H and O–H groups in total. The van der Waals surface area contributed by atoms with Gasteiger partial charge in [0.15, 0.2) is 33.1 Å². The standard InChI is InChI=1S/C16H11F5O4S/c1-25-15(8-9(17)11(19)13(21)12(20)10(8)18)16-14(22)6-4-2-3-5-7(6)26(16,23)24/h2-5,14-16,22H,1H3. The molecule has 1 heterocycles. The monoisotopic (exact) mass is 394 g/mol. The predicted molar refractivity (Wildman–Crippen MR) is 78.4 cm³/mol. The lowest BCUT2D eigenvalue weighted by atomic mass is 9.97. The van der Waals surface area contributed by atoms with Gasteiger partial charge in [0.05, 0.1) is 10.5 Å². The lowest BCUT2D eigenvalue weighted by molar-refractivity contribution is 0.0453. The Hall–Kier alpha value is -2.04. The molecule has 1 aliphatic heterocycles. The Morgan fingerprint density at radius 3 is 1.96 bits per heavy atom. The fourth-order valence-electron chi connectivity index (χ4n) is 3.09. The largest absolute Gasteiger partial charge is 0.387 e. The van der Waals surface area contributed by atoms with Crippen LogP contribution in [0.3, 0.4) is 0 Å². The average molecular weight is 394 g/mol. The highest BCUT2D eigenvalue weighted by Crippen LogP contribution is 2.46. The van der Waals surface area contributed by atoms with Crippen molar-refractivity contribution in [3.63, 3.8) is 0 Å². The molecule has 4 nitrogen and oxygen atoms in total. The van der Waals surface area contributed by atoms with Crippen molar-refractivity contribution in [3.05, 3.63) is 64.5 Å². The minimum atomic E-state index is -4.37. The minimum Gasteiger partial charge on any atom is -0.387 e. The lowest BCUT2D eigenvalue weighted by Crippen LogP contribution is -2.32. The SMILES string of the molecule is COC(c1c(F)c(F)c(F)c(F)c1F)C1C(O)c2ccccc2S1(=O)=O. The molecule has 2 aromatic carbocycles. The van der Waals surface area contributed by atoms with Crippen molar-refractivity contribution in [1.82, 2.24) is 0 Å². The van der Waals surface area contributed by atoms with E-state index in [0.717, 1.165) is 7.11 Å². The second kappa shape index (κ2) is 6.29. The highest BCUT2D eigenvalue weighted by Gasteiger charge is 2.51. The summed E-state index contributed by atoms with van der Waals surface area (Å²) in [6.07, 6.45) is -3.91. The summed E-state index contributed by atoms with van der Waals surface area (Å²) < 4.78 is 98.7. The Morgan fingerprint density at radius 1 is 0.962 bits per heavy atom. The van der Waals surface area contributed by atoms with Gasteiger partial charge in [-0.05, 0) is 6.07 Å². The summed E-state index contributed by atoms with van der Waals surface area (Å²) in [5.74, 6) is -11.3. The van der Waals surface area contributed by atoms with Crippen LogP contribution in [0.4, 0.5) is 22.0 Å². The zero-order valence-corrected chi connectivity index (χ0v) is 13.8. The van der Waals surface area contributed by atoms with Gasteiger partial charge in [0, 0.05) is 12.7 Å². The average Bonchev–Trinajstić information content (AvgIpc) is 2.82. The van der Waals surface area contributed by atoms with Crippen LogP contribution < -0.4 is 0 Å². The van der Waals surface area contributed by atoms with Crippen LogP contribution in [0.25, 0.3) is 0 Å². The van der Waals surface area contributed by atoms with E-state index in [1.807, 2.05) is 0 Å². The number of methoxy groups -OCH3 is 1. The van der Waals surface area contributed by atoms with E-state index < -0.39 is 61.9 Å². The molecule has 0 amide bonds. The normalized spacial score (nSPS) is 22.3. The van der Waals surface area contributed by atoms with Crippen molar-refractivity contribution in [2.24, 2.45) is 0 Å². The van der Waals surface area contributed by atoms with E-state index in [9.17, 15) is 35.5 Å². The first-order valence-electron chi connectivity index (χ1n) is 7.19. The van der Waals surface area contributed by atoms with Gasteiger partial charge in [0.25, 0.3) is 0 Å². The number of aliphatic hydroxyl groups excluding tert-OH is 1. The Morgan fingerprint density at radius 2 is 1.46 bits per heavy atom. The van der Waals surface area contributed by atoms with Crippen LogP contribution in [0.2, 0.25) is 0 Å². The van der Waals surface area contributed by atoms with Gasteiger partial charge in [-0.15, -0.1) is 0 Å². The van der Waals surface area contributed by atoms with Gasteiger partial charge in [-0.25, -0.2) is 30.4 Å². The van der Waals surface area contributed by atoms with Crippen LogP contribution in [-0.4, -0.2) is 25.9 Å². The topological polar surface area (TPSA) is 63.6 Å². The van der Waals surface area contributed by atoms with Crippen LogP contribution >= 0.6 is 0 Å². The van der Waals surface area contributed by atoms with Crippen LogP contribution in [0.5, 0.6) is 0 Å². The maximum atomic E-state index is 14.1. The second-order valence-corrected chi connectivity index (χ2v) is 7.71. The van der Waals surface area contributed by atoms with Crippen LogP contribution in [0, 0.1) is 29.1 Å². The maximum absolute atomic E-state index is 14.1. The molecule has 3 unspecified atom stereocenters. The lowest BCUT2D eigenvalue weighted by Gasteiger charge is -2.25. The number of aliphatic hydroxyl groups is 1. The first-order chi connectivity index (χ1) is 12.1. The number of halogens is 5. The first kappa shape index (κ1) is 18.7. The van der Waals surface area contributed by atoms with Gasteiger partial charge >= 0.3 is 0 Å². The number of sulfone groups is 1. The maximum Gasteiger partial charge on any atom is 0.200 e. The molecular formula is C16H11F5O4S. The Kier molecular flexibility index (Phi) is 4.53. The van der Waals surface area contributed by atoms with Crippen LogP contribution in [0.15, 0.2) is 29.2 Å². The minimum absolute atomic E-state index is 0.0524. The van der Waals surface area contributed by atoms with Crippen molar-refractivity contribution in [2.45, 2.75) is 22.4 Å². The highest BCUT2D eigenvalue weighted by atomic mass is 32.2. The highest BCUT2D eigenvalue weighted by molar-refractivity contribution is 7.92. The Balaban J connectivity index is 2.25. The molecule has 1 aliphatic rings. The second-order valence-electron chi connectivity index (χ2n) is 5.63. The van der Waals surface area contributed by atoms with Crippen LogP contribution in [-0.2, 0) is 14.6 Å². The number of hydrogen-bond donors (Lipinski definition) is 1. The van der Waals surface area contributed by atoms with Gasteiger partial charge < -0.3 is 9.84 Å². The van der Waals surface area contributed by atoms with E-state index in [1.54, 1.807) is 0 Å². The molecule has 3 atom stereocenters. The summed E-state index contributed by atoms with van der Waals surface area (Å²) in [7, 11) is -3.53.